The van der Waals surface area contributed by atoms with Gasteiger partial charge in [0.25, 0.3) is 5.69 Å². The van der Waals surface area contributed by atoms with Crippen molar-refractivity contribution in [1.82, 2.24) is 10.6 Å². The molecule has 114 valence electrons. The van der Waals surface area contributed by atoms with E-state index in [-0.39, 0.29) is 11.6 Å². The highest BCUT2D eigenvalue weighted by Crippen LogP contribution is 2.22. The van der Waals surface area contributed by atoms with Crippen LogP contribution < -0.4 is 16.0 Å². The summed E-state index contributed by atoms with van der Waals surface area (Å²) >= 11 is 0. The Kier molecular flexibility index (Phi) is 5.51. The Morgan fingerprint density at radius 2 is 2.24 bits per heavy atom. The van der Waals surface area contributed by atoms with Crippen LogP contribution in [0.1, 0.15) is 19.3 Å². The maximum Gasteiger partial charge on any atom is 0.292 e. The molecule has 1 aliphatic rings. The van der Waals surface area contributed by atoms with Crippen LogP contribution in [0.25, 0.3) is 0 Å². The molecule has 7 nitrogen and oxygen atoms in total. The Labute approximate surface area is 123 Å². The van der Waals surface area contributed by atoms with Gasteiger partial charge in [-0.2, -0.15) is 0 Å². The fourth-order valence-electron chi connectivity index (χ4n) is 2.35. The molecule has 0 bridgehead atoms. The first kappa shape index (κ1) is 15.2. The smallest absolute Gasteiger partial charge is 0.292 e. The molecule has 0 radical (unpaired) electrons. The molecule has 1 saturated heterocycles. The third-order valence-corrected chi connectivity index (χ3v) is 3.48. The van der Waals surface area contributed by atoms with Crippen molar-refractivity contribution >= 4 is 17.3 Å². The highest BCUT2D eigenvalue weighted by atomic mass is 16.6. The lowest BCUT2D eigenvalue weighted by molar-refractivity contribution is -0.384. The molecule has 1 aromatic rings. The van der Waals surface area contributed by atoms with Crippen LogP contribution >= 0.6 is 0 Å². The summed E-state index contributed by atoms with van der Waals surface area (Å²) in [5, 5.41) is 20.0. The van der Waals surface area contributed by atoms with E-state index in [4.69, 9.17) is 0 Å². The number of benzene rings is 1. The number of hydrogen-bond acceptors (Lipinski definition) is 5. The molecule has 1 amide bonds. The molecule has 0 aromatic heterocycles. The second-order valence-corrected chi connectivity index (χ2v) is 5.05. The predicted octanol–water partition coefficient (Wildman–Crippen LogP) is 1.26. The summed E-state index contributed by atoms with van der Waals surface area (Å²) in [6, 6.07) is 6.79. The van der Waals surface area contributed by atoms with Crippen LogP contribution in [0, 0.1) is 10.1 Å². The first-order chi connectivity index (χ1) is 10.2. The minimum Gasteiger partial charge on any atom is -0.379 e. The number of carbonyl (C=O) groups is 1. The number of nitrogens with zero attached hydrogens (tertiary/aromatic N) is 1. The second kappa shape index (κ2) is 7.58. The fourth-order valence-corrected chi connectivity index (χ4v) is 2.35. The summed E-state index contributed by atoms with van der Waals surface area (Å²) < 4.78 is 0. The van der Waals surface area contributed by atoms with Crippen LogP contribution in [0.4, 0.5) is 11.4 Å². The zero-order chi connectivity index (χ0) is 15.1. The van der Waals surface area contributed by atoms with Gasteiger partial charge < -0.3 is 16.0 Å². The van der Waals surface area contributed by atoms with Crippen molar-refractivity contribution in [2.24, 2.45) is 0 Å². The van der Waals surface area contributed by atoms with Gasteiger partial charge in [-0.3, -0.25) is 14.9 Å². The Hall–Kier alpha value is -2.15. The van der Waals surface area contributed by atoms with Gasteiger partial charge >= 0.3 is 0 Å². The fraction of sp³-hybridized carbons (Fsp3) is 0.500. The van der Waals surface area contributed by atoms with Crippen LogP contribution in [-0.2, 0) is 4.79 Å². The van der Waals surface area contributed by atoms with Crippen LogP contribution in [0.5, 0.6) is 0 Å². The normalized spacial score (nSPS) is 17.4. The van der Waals surface area contributed by atoms with Crippen molar-refractivity contribution in [3.8, 4) is 0 Å². The number of nitro groups is 1. The first-order valence-electron chi connectivity index (χ1n) is 7.14. The average Bonchev–Trinajstić information content (AvgIpc) is 2.99. The topological polar surface area (TPSA) is 96.3 Å². The van der Waals surface area contributed by atoms with Gasteiger partial charge in [0, 0.05) is 31.6 Å². The third-order valence-electron chi connectivity index (χ3n) is 3.48. The maximum atomic E-state index is 11.7. The molecular formula is C14H20N4O3. The molecule has 7 heteroatoms. The molecule has 1 heterocycles. The SMILES string of the molecule is O=C(CCNc1ccccc1[N+](=O)[O-])NCC1CCCN1. The summed E-state index contributed by atoms with van der Waals surface area (Å²) in [6.45, 7) is 2.03. The monoisotopic (exact) mass is 292 g/mol. The number of nitrogens with one attached hydrogen (secondary N) is 3. The van der Waals surface area contributed by atoms with E-state index in [1.54, 1.807) is 18.2 Å². The summed E-state index contributed by atoms with van der Waals surface area (Å²) in [4.78, 5) is 22.1. The van der Waals surface area contributed by atoms with Crippen LogP contribution in [0.2, 0.25) is 0 Å². The van der Waals surface area contributed by atoms with E-state index >= 15 is 0 Å². The van der Waals surface area contributed by atoms with Crippen molar-refractivity contribution < 1.29 is 9.72 Å². The first-order valence-corrected chi connectivity index (χ1v) is 7.14. The minimum atomic E-state index is -0.436. The van der Waals surface area contributed by atoms with Crippen molar-refractivity contribution in [1.29, 1.82) is 0 Å². The third kappa shape index (κ3) is 4.71. The Bertz CT molecular complexity index is 501. The molecule has 21 heavy (non-hydrogen) atoms. The van der Waals surface area contributed by atoms with Crippen molar-refractivity contribution in [2.45, 2.75) is 25.3 Å². The lowest BCUT2D eigenvalue weighted by Crippen LogP contribution is -2.37. The number of rotatable bonds is 7. The van der Waals surface area contributed by atoms with Gasteiger partial charge in [-0.15, -0.1) is 0 Å². The molecule has 1 aliphatic heterocycles. The van der Waals surface area contributed by atoms with E-state index in [9.17, 15) is 14.9 Å². The molecule has 1 aromatic carbocycles. The Morgan fingerprint density at radius 3 is 2.95 bits per heavy atom. The second-order valence-electron chi connectivity index (χ2n) is 5.05. The molecule has 1 atom stereocenters. The number of amides is 1. The van der Waals surface area contributed by atoms with Crippen molar-refractivity contribution in [2.75, 3.05) is 25.0 Å². The molecule has 2 rings (SSSR count). The van der Waals surface area contributed by atoms with Gasteiger partial charge in [0.1, 0.15) is 5.69 Å². The maximum absolute atomic E-state index is 11.7. The summed E-state index contributed by atoms with van der Waals surface area (Å²) in [6.07, 6.45) is 2.53. The predicted molar refractivity (Wildman–Crippen MR) is 80.2 cm³/mol. The Balaban J connectivity index is 1.71. The van der Waals surface area contributed by atoms with E-state index in [1.165, 1.54) is 6.07 Å². The number of anilines is 1. The number of para-hydroxylation sites is 2. The largest absolute Gasteiger partial charge is 0.379 e. The number of nitro benzene ring substituents is 1. The quantitative estimate of drug-likeness (QED) is 0.519. The highest BCUT2D eigenvalue weighted by molar-refractivity contribution is 5.76. The zero-order valence-corrected chi connectivity index (χ0v) is 11.8. The van der Waals surface area contributed by atoms with E-state index < -0.39 is 4.92 Å². The number of carbonyl (C=O) groups excluding carboxylic acids is 1. The molecular weight excluding hydrogens is 272 g/mol. The minimum absolute atomic E-state index is 0.0214. The van der Waals surface area contributed by atoms with Gasteiger partial charge in [-0.25, -0.2) is 0 Å². The van der Waals surface area contributed by atoms with Crippen LogP contribution in [0.3, 0.4) is 0 Å². The lowest BCUT2D eigenvalue weighted by Gasteiger charge is -2.12. The number of hydrogen-bond donors (Lipinski definition) is 3. The van der Waals surface area contributed by atoms with E-state index in [0.29, 0.717) is 31.2 Å². The van der Waals surface area contributed by atoms with Crippen molar-refractivity contribution in [3.63, 3.8) is 0 Å². The van der Waals surface area contributed by atoms with Crippen LogP contribution in [0.15, 0.2) is 24.3 Å². The molecule has 0 spiro atoms. The van der Waals surface area contributed by atoms with E-state index in [0.717, 1.165) is 19.4 Å². The average molecular weight is 292 g/mol. The molecule has 0 aliphatic carbocycles. The van der Waals surface area contributed by atoms with Gasteiger partial charge in [0.05, 0.1) is 4.92 Å². The van der Waals surface area contributed by atoms with Gasteiger partial charge in [0.15, 0.2) is 0 Å². The molecule has 1 unspecified atom stereocenters. The van der Waals surface area contributed by atoms with E-state index in [1.807, 2.05) is 0 Å². The Morgan fingerprint density at radius 1 is 1.43 bits per heavy atom. The van der Waals surface area contributed by atoms with Gasteiger partial charge in [-0.05, 0) is 25.5 Å². The zero-order valence-electron chi connectivity index (χ0n) is 11.8. The van der Waals surface area contributed by atoms with Gasteiger partial charge in [-0.1, -0.05) is 12.1 Å². The van der Waals surface area contributed by atoms with E-state index in [2.05, 4.69) is 16.0 Å². The standard InChI is InChI=1S/C14H20N4O3/c19-14(17-10-11-4-3-8-15-11)7-9-16-12-5-1-2-6-13(12)18(20)21/h1-2,5-6,11,15-16H,3-4,7-10H2,(H,17,19). The summed E-state index contributed by atoms with van der Waals surface area (Å²) in [5.41, 5.74) is 0.459. The van der Waals surface area contributed by atoms with Crippen LogP contribution in [-0.4, -0.2) is 36.5 Å². The van der Waals surface area contributed by atoms with Gasteiger partial charge in [0.2, 0.25) is 5.91 Å². The van der Waals surface area contributed by atoms with Crippen molar-refractivity contribution in [3.05, 3.63) is 34.4 Å². The summed E-state index contributed by atoms with van der Waals surface area (Å²) in [5.74, 6) is -0.0465. The highest BCUT2D eigenvalue weighted by Gasteiger charge is 2.15. The summed E-state index contributed by atoms with van der Waals surface area (Å²) in [7, 11) is 0. The molecule has 1 fully saturated rings. The molecule has 3 N–H and O–H groups in total. The molecule has 0 saturated carbocycles. The lowest BCUT2D eigenvalue weighted by atomic mass is 10.2.